The van der Waals surface area contributed by atoms with Crippen molar-refractivity contribution >= 4 is 40.4 Å². The molecule has 0 saturated heterocycles. The summed E-state index contributed by atoms with van der Waals surface area (Å²) >= 11 is 7.73. The van der Waals surface area contributed by atoms with E-state index in [-0.39, 0.29) is 12.5 Å². The monoisotopic (exact) mass is 339 g/mol. The Kier molecular flexibility index (Phi) is 5.35. The van der Waals surface area contributed by atoms with Crippen LogP contribution in [0.2, 0.25) is 5.02 Å². The summed E-state index contributed by atoms with van der Waals surface area (Å²) in [5.41, 5.74) is 1.08. The number of benzene rings is 1. The molecule has 0 bridgehead atoms. The lowest BCUT2D eigenvalue weighted by atomic mass is 10.0. The van der Waals surface area contributed by atoms with Gasteiger partial charge in [-0.25, -0.2) is 0 Å². The van der Waals surface area contributed by atoms with E-state index < -0.39 is 5.97 Å². The number of carboxylic acid groups (broad SMARTS) is 1. The van der Waals surface area contributed by atoms with Crippen LogP contribution in [0.4, 0.5) is 0 Å². The number of nitrogens with one attached hydrogen (secondary N) is 1. The van der Waals surface area contributed by atoms with Crippen LogP contribution in [0.5, 0.6) is 0 Å². The van der Waals surface area contributed by atoms with Crippen LogP contribution in [0, 0.1) is 0 Å². The smallest absolute Gasteiger partial charge is 0.304 e. The lowest BCUT2D eigenvalue weighted by molar-refractivity contribution is -0.137. The van der Waals surface area contributed by atoms with Crippen molar-refractivity contribution in [2.24, 2.45) is 0 Å². The van der Waals surface area contributed by atoms with Gasteiger partial charge in [-0.15, -0.1) is 0 Å². The fraction of sp³-hybridized carbons (Fsp3) is 0.300. The molecule has 3 nitrogen and oxygen atoms in total. The van der Waals surface area contributed by atoms with Crippen LogP contribution < -0.4 is 3.53 Å². The molecule has 0 aliphatic rings. The molecule has 0 heterocycles. The van der Waals surface area contributed by atoms with Crippen molar-refractivity contribution in [2.75, 3.05) is 0 Å². The lowest BCUT2D eigenvalue weighted by Gasteiger charge is -2.12. The first kappa shape index (κ1) is 12.7. The first-order valence-corrected chi connectivity index (χ1v) is 5.90. The molecule has 1 aromatic carbocycles. The molecule has 1 aromatic rings. The number of aliphatic carboxylic acids is 1. The van der Waals surface area contributed by atoms with Crippen LogP contribution in [-0.2, 0) is 11.2 Å². The molecule has 0 aliphatic carbocycles. The van der Waals surface area contributed by atoms with E-state index >= 15 is 0 Å². The molecule has 0 spiro atoms. The third kappa shape index (κ3) is 4.81. The summed E-state index contributed by atoms with van der Waals surface area (Å²) in [6, 6.07) is 7.38. The summed E-state index contributed by atoms with van der Waals surface area (Å²) in [5, 5.41) is 9.36. The highest BCUT2D eigenvalue weighted by Gasteiger charge is 2.12. The molecular formula is C10H11ClINO2. The van der Waals surface area contributed by atoms with Crippen LogP contribution in [0.15, 0.2) is 24.3 Å². The number of hydrogen-bond acceptors (Lipinski definition) is 2. The summed E-state index contributed by atoms with van der Waals surface area (Å²) in [4.78, 5) is 10.5. The van der Waals surface area contributed by atoms with Gasteiger partial charge in [-0.05, 0) is 24.1 Å². The number of carbonyl (C=O) groups is 1. The van der Waals surface area contributed by atoms with Crippen LogP contribution >= 0.6 is 34.5 Å². The van der Waals surface area contributed by atoms with Gasteiger partial charge in [-0.1, -0.05) is 23.7 Å². The van der Waals surface area contributed by atoms with Gasteiger partial charge in [-0.2, -0.15) is 0 Å². The van der Waals surface area contributed by atoms with Gasteiger partial charge in [0.1, 0.15) is 0 Å². The minimum Gasteiger partial charge on any atom is -0.481 e. The molecule has 1 rings (SSSR count). The standard InChI is InChI=1S/C10H11ClINO2/c11-8-3-1-7(2-4-8)5-9(13-12)6-10(14)15/h1-4,9,13H,5-6H2,(H,14,15). The highest BCUT2D eigenvalue weighted by atomic mass is 127. The maximum atomic E-state index is 10.5. The second-order valence-electron chi connectivity index (χ2n) is 3.23. The van der Waals surface area contributed by atoms with E-state index in [1.807, 2.05) is 47.1 Å². The van der Waals surface area contributed by atoms with Crippen molar-refractivity contribution in [3.63, 3.8) is 0 Å². The SMILES string of the molecule is O=C(O)CC(Cc1ccc(Cl)cc1)NI. The minimum atomic E-state index is -0.793. The maximum absolute atomic E-state index is 10.5. The van der Waals surface area contributed by atoms with Crippen molar-refractivity contribution in [3.8, 4) is 0 Å². The fourth-order valence-electron chi connectivity index (χ4n) is 1.27. The molecule has 0 aliphatic heterocycles. The lowest BCUT2D eigenvalue weighted by Crippen LogP contribution is -2.26. The fourth-order valence-corrected chi connectivity index (χ4v) is 1.83. The van der Waals surface area contributed by atoms with Crippen molar-refractivity contribution < 1.29 is 9.90 Å². The molecule has 0 amide bonds. The van der Waals surface area contributed by atoms with Gasteiger partial charge in [0.15, 0.2) is 0 Å². The maximum Gasteiger partial charge on any atom is 0.304 e. The van der Waals surface area contributed by atoms with Crippen molar-refractivity contribution in [1.29, 1.82) is 0 Å². The van der Waals surface area contributed by atoms with Crippen molar-refractivity contribution in [1.82, 2.24) is 3.53 Å². The molecule has 0 fully saturated rings. The average molecular weight is 340 g/mol. The van der Waals surface area contributed by atoms with E-state index in [0.717, 1.165) is 5.56 Å². The van der Waals surface area contributed by atoms with Crippen molar-refractivity contribution in [3.05, 3.63) is 34.9 Å². The predicted octanol–water partition coefficient (Wildman–Crippen LogP) is 2.67. The molecule has 0 saturated carbocycles. The first-order valence-electron chi connectivity index (χ1n) is 4.44. The summed E-state index contributed by atoms with van der Waals surface area (Å²) in [5.74, 6) is -0.793. The highest BCUT2D eigenvalue weighted by Crippen LogP contribution is 2.12. The second-order valence-corrected chi connectivity index (χ2v) is 4.29. The Morgan fingerprint density at radius 3 is 2.53 bits per heavy atom. The number of carboxylic acids is 1. The van der Waals surface area contributed by atoms with Crippen LogP contribution in [0.3, 0.4) is 0 Å². The molecule has 2 N–H and O–H groups in total. The summed E-state index contributed by atoms with van der Waals surface area (Å²) in [6.45, 7) is 0. The molecule has 82 valence electrons. The summed E-state index contributed by atoms with van der Waals surface area (Å²) < 4.78 is 2.95. The quantitative estimate of drug-likeness (QED) is 0.640. The molecular weight excluding hydrogens is 328 g/mol. The Morgan fingerprint density at radius 2 is 2.07 bits per heavy atom. The Bertz CT molecular complexity index is 329. The normalized spacial score (nSPS) is 12.4. The van der Waals surface area contributed by atoms with Crippen LogP contribution in [0.1, 0.15) is 12.0 Å². The molecule has 0 aromatic heterocycles. The van der Waals surface area contributed by atoms with Crippen LogP contribution in [0.25, 0.3) is 0 Å². The van der Waals surface area contributed by atoms with Crippen molar-refractivity contribution in [2.45, 2.75) is 18.9 Å². The number of hydrogen-bond donors (Lipinski definition) is 2. The van der Waals surface area contributed by atoms with Gasteiger partial charge in [-0.3, -0.25) is 8.32 Å². The minimum absolute atomic E-state index is 0.0516. The largest absolute Gasteiger partial charge is 0.481 e. The van der Waals surface area contributed by atoms with E-state index in [9.17, 15) is 4.79 Å². The highest BCUT2D eigenvalue weighted by molar-refractivity contribution is 14.1. The van der Waals surface area contributed by atoms with Gasteiger partial charge in [0.2, 0.25) is 0 Å². The Hall–Kier alpha value is -0.330. The van der Waals surface area contributed by atoms with Gasteiger partial charge >= 0.3 is 5.97 Å². The average Bonchev–Trinajstić information content (AvgIpc) is 2.19. The second kappa shape index (κ2) is 6.30. The molecule has 0 radical (unpaired) electrons. The predicted molar refractivity (Wildman–Crippen MR) is 68.4 cm³/mol. The summed E-state index contributed by atoms with van der Waals surface area (Å²) in [7, 11) is 0. The third-order valence-corrected chi connectivity index (χ3v) is 3.10. The number of halogens is 2. The molecule has 1 atom stereocenters. The number of rotatable bonds is 5. The zero-order valence-corrected chi connectivity index (χ0v) is 10.8. The van der Waals surface area contributed by atoms with Gasteiger partial charge in [0.05, 0.1) is 6.42 Å². The van der Waals surface area contributed by atoms with Gasteiger partial charge < -0.3 is 5.11 Å². The van der Waals surface area contributed by atoms with Crippen LogP contribution in [-0.4, -0.2) is 17.1 Å². The van der Waals surface area contributed by atoms with E-state index in [2.05, 4.69) is 3.53 Å². The first-order chi connectivity index (χ1) is 7.11. The molecule has 1 unspecified atom stereocenters. The van der Waals surface area contributed by atoms with Gasteiger partial charge in [0.25, 0.3) is 0 Å². The zero-order valence-electron chi connectivity index (χ0n) is 7.91. The van der Waals surface area contributed by atoms with E-state index in [0.29, 0.717) is 11.4 Å². The Balaban J connectivity index is 2.58. The summed E-state index contributed by atoms with van der Waals surface area (Å²) in [6.07, 6.45) is 0.804. The molecule has 15 heavy (non-hydrogen) atoms. The van der Waals surface area contributed by atoms with E-state index in [1.165, 1.54) is 0 Å². The Labute approximate surface area is 107 Å². The van der Waals surface area contributed by atoms with E-state index in [1.54, 1.807) is 0 Å². The third-order valence-electron chi connectivity index (χ3n) is 1.97. The topological polar surface area (TPSA) is 49.3 Å². The van der Waals surface area contributed by atoms with E-state index in [4.69, 9.17) is 16.7 Å². The zero-order chi connectivity index (χ0) is 11.3. The molecule has 5 heteroatoms. The Morgan fingerprint density at radius 1 is 1.47 bits per heavy atom. The van der Waals surface area contributed by atoms with Gasteiger partial charge in [0, 0.05) is 33.9 Å².